The highest BCUT2D eigenvalue weighted by molar-refractivity contribution is 6.00. The van der Waals surface area contributed by atoms with Crippen molar-refractivity contribution in [2.75, 3.05) is 21.1 Å². The molecule has 9 heteroatoms. The van der Waals surface area contributed by atoms with E-state index >= 15 is 0 Å². The maximum Gasteiger partial charge on any atom is 0.519 e. The van der Waals surface area contributed by atoms with Crippen molar-refractivity contribution in [3.8, 4) is 23.0 Å². The Hall–Kier alpha value is -5.31. The van der Waals surface area contributed by atoms with Gasteiger partial charge in [-0.05, 0) is 58.2 Å². The molecular weight excluding hydrogens is 681 g/mol. The van der Waals surface area contributed by atoms with E-state index in [0.717, 1.165) is 17.2 Å². The molecule has 0 radical (unpaired) electrons. The predicted molar refractivity (Wildman–Crippen MR) is 219 cm³/mol. The first kappa shape index (κ1) is 43.1. The van der Waals surface area contributed by atoms with Gasteiger partial charge in [0.05, 0.1) is 0 Å². The van der Waals surface area contributed by atoms with Gasteiger partial charge >= 0.3 is 18.1 Å². The van der Waals surface area contributed by atoms with Crippen LogP contribution >= 0.6 is 0 Å². The third kappa shape index (κ3) is 10.4. The summed E-state index contributed by atoms with van der Waals surface area (Å²) in [4.78, 5) is 40.0. The fraction of sp³-hybridized carbons (Fsp3) is 0.400. The van der Waals surface area contributed by atoms with E-state index in [9.17, 15) is 14.4 Å². The van der Waals surface area contributed by atoms with Gasteiger partial charge in [0.15, 0.2) is 0 Å². The molecule has 0 aliphatic rings. The quantitative estimate of drug-likeness (QED) is 0.0915. The summed E-state index contributed by atoms with van der Waals surface area (Å²) in [5, 5.41) is 5.49. The molecule has 0 aliphatic carbocycles. The molecule has 0 atom stereocenters. The number of esters is 2. The number of nitrogens with zero attached hydrogens (tertiary/aromatic N) is 1. The van der Waals surface area contributed by atoms with Gasteiger partial charge in [-0.2, -0.15) is 0 Å². The third-order valence-electron chi connectivity index (χ3n) is 9.10. The van der Waals surface area contributed by atoms with E-state index in [4.69, 9.17) is 18.9 Å². The number of carbonyl (C=O) groups excluding carboxylic acids is 3. The fourth-order valence-electron chi connectivity index (χ4n) is 6.89. The van der Waals surface area contributed by atoms with Crippen LogP contribution in [0.5, 0.6) is 23.0 Å². The zero-order chi connectivity index (χ0) is 40.5. The van der Waals surface area contributed by atoms with Gasteiger partial charge in [0.1, 0.15) is 23.0 Å². The SMILES string of the molecule is CCc1c(C)c(OC(=O)Oc2c(C)c(C(C)(C)/C=C(\C)N(C)C)c(OC(C)=O)c3ccccc23)c2ccccc2c1OC(C)=O.CN/C=C(\C)CC(C)C. The van der Waals surface area contributed by atoms with Crippen LogP contribution in [0.2, 0.25) is 0 Å². The lowest BCUT2D eigenvalue weighted by Gasteiger charge is -2.30. The number of fused-ring (bicyclic) bond motifs is 2. The van der Waals surface area contributed by atoms with E-state index in [1.165, 1.54) is 25.8 Å². The molecule has 0 saturated heterocycles. The van der Waals surface area contributed by atoms with Gasteiger partial charge < -0.3 is 29.2 Å². The van der Waals surface area contributed by atoms with Gasteiger partial charge in [0.2, 0.25) is 0 Å². The van der Waals surface area contributed by atoms with Gasteiger partial charge in [-0.1, -0.05) is 94.8 Å². The summed E-state index contributed by atoms with van der Waals surface area (Å²) < 4.78 is 23.5. The average Bonchev–Trinajstić information content (AvgIpc) is 3.07. The first-order valence-corrected chi connectivity index (χ1v) is 18.4. The number of hydrogen-bond acceptors (Lipinski definition) is 9. The van der Waals surface area contributed by atoms with Gasteiger partial charge in [0.25, 0.3) is 0 Å². The summed E-state index contributed by atoms with van der Waals surface area (Å²) in [5.74, 6) is 1.39. The second-order valence-corrected chi connectivity index (χ2v) is 14.8. The van der Waals surface area contributed by atoms with Crippen molar-refractivity contribution in [1.29, 1.82) is 0 Å². The molecule has 9 nitrogen and oxygen atoms in total. The van der Waals surface area contributed by atoms with Crippen LogP contribution in [0.25, 0.3) is 21.5 Å². The van der Waals surface area contributed by atoms with Gasteiger partial charge in [-0.25, -0.2) is 4.79 Å². The van der Waals surface area contributed by atoms with Crippen molar-refractivity contribution in [1.82, 2.24) is 10.2 Å². The van der Waals surface area contributed by atoms with E-state index < -0.39 is 23.5 Å². The van der Waals surface area contributed by atoms with Crippen LogP contribution in [0.1, 0.15) is 91.0 Å². The Morgan fingerprint density at radius 1 is 0.741 bits per heavy atom. The topological polar surface area (TPSA) is 103 Å². The van der Waals surface area contributed by atoms with Crippen LogP contribution in [0.4, 0.5) is 4.79 Å². The lowest BCUT2D eigenvalue weighted by atomic mass is 9.78. The molecule has 0 aromatic heterocycles. The zero-order valence-electron chi connectivity index (χ0n) is 34.6. The lowest BCUT2D eigenvalue weighted by molar-refractivity contribution is -0.132. The van der Waals surface area contributed by atoms with Crippen molar-refractivity contribution >= 4 is 39.6 Å². The van der Waals surface area contributed by atoms with Crippen LogP contribution < -0.4 is 24.3 Å². The van der Waals surface area contributed by atoms with E-state index in [0.29, 0.717) is 67.7 Å². The molecule has 1 N–H and O–H groups in total. The van der Waals surface area contributed by atoms with Crippen molar-refractivity contribution in [2.45, 2.75) is 94.4 Å². The summed E-state index contributed by atoms with van der Waals surface area (Å²) in [7, 11) is 5.85. The monoisotopic (exact) mass is 738 g/mol. The largest absolute Gasteiger partial charge is 0.519 e. The number of benzene rings is 4. The molecule has 4 rings (SSSR count). The lowest BCUT2D eigenvalue weighted by Crippen LogP contribution is -2.23. The summed E-state index contributed by atoms with van der Waals surface area (Å²) in [6, 6.07) is 14.6. The number of allylic oxidation sites excluding steroid dienone is 3. The highest BCUT2D eigenvalue weighted by Gasteiger charge is 2.32. The van der Waals surface area contributed by atoms with E-state index in [1.807, 2.05) is 116 Å². The fourth-order valence-corrected chi connectivity index (χ4v) is 6.89. The first-order valence-electron chi connectivity index (χ1n) is 18.4. The number of hydrogen-bond donors (Lipinski definition) is 1. The normalized spacial score (nSPS) is 11.9. The predicted octanol–water partition coefficient (Wildman–Crippen LogP) is 10.5. The summed E-state index contributed by atoms with van der Waals surface area (Å²) in [5.41, 5.74) is 4.57. The highest BCUT2D eigenvalue weighted by atomic mass is 16.7. The van der Waals surface area contributed by atoms with Crippen molar-refractivity contribution in [2.24, 2.45) is 5.92 Å². The smallest absolute Gasteiger partial charge is 0.426 e. The Balaban J connectivity index is 0.000000772. The number of nitrogens with one attached hydrogen (secondary N) is 1. The Morgan fingerprint density at radius 3 is 1.61 bits per heavy atom. The second-order valence-electron chi connectivity index (χ2n) is 14.8. The van der Waals surface area contributed by atoms with Gasteiger partial charge in [0, 0.05) is 84.3 Å². The van der Waals surface area contributed by atoms with E-state index in [1.54, 1.807) is 0 Å². The molecule has 0 aliphatic heterocycles. The van der Waals surface area contributed by atoms with Crippen LogP contribution in [-0.4, -0.2) is 44.1 Å². The molecule has 0 heterocycles. The third-order valence-corrected chi connectivity index (χ3v) is 9.10. The van der Waals surface area contributed by atoms with Crippen LogP contribution in [0.15, 0.2) is 72.1 Å². The summed E-state index contributed by atoms with van der Waals surface area (Å²) in [6.45, 7) is 21.0. The van der Waals surface area contributed by atoms with E-state index in [-0.39, 0.29) is 0 Å². The number of rotatable bonds is 11. The second kappa shape index (κ2) is 18.6. The molecule has 0 fully saturated rings. The van der Waals surface area contributed by atoms with Crippen LogP contribution in [0.3, 0.4) is 0 Å². The number of ether oxygens (including phenoxy) is 4. The number of carbonyl (C=O) groups is 3. The molecule has 0 unspecified atom stereocenters. The maximum atomic E-state index is 13.7. The Bertz CT molecular complexity index is 2070. The van der Waals surface area contributed by atoms with Crippen molar-refractivity contribution in [3.63, 3.8) is 0 Å². The molecule has 0 bridgehead atoms. The molecule has 0 saturated carbocycles. The minimum Gasteiger partial charge on any atom is -0.426 e. The first-order chi connectivity index (χ1) is 25.3. The van der Waals surface area contributed by atoms with Gasteiger partial charge in [-0.3, -0.25) is 9.59 Å². The Labute approximate surface area is 321 Å². The standard InChI is InChI=1S/C37H41NO7.C8H17N/c1-11-26-22(3)32(27-16-12-14-18-29(27)34(26)42-24(5)39)44-36(41)45-33-23(4)31(37(7,8)20-21(2)38(9)10)35(43-25(6)40)30-19-15-13-17-28(30)33;1-7(2)5-8(3)6-9-4/h12-20H,11H2,1-10H3;6-7,9H,5H2,1-4H3/b21-20+;8-6+. The van der Waals surface area contributed by atoms with Crippen molar-refractivity contribution < 1.29 is 33.3 Å². The van der Waals surface area contributed by atoms with Gasteiger partial charge in [-0.15, -0.1) is 0 Å². The maximum absolute atomic E-state index is 13.7. The average molecular weight is 739 g/mol. The minimum absolute atomic E-state index is 0.305. The Morgan fingerprint density at radius 2 is 1.19 bits per heavy atom. The highest BCUT2D eigenvalue weighted by Crippen LogP contribution is 2.47. The molecule has 290 valence electrons. The molecule has 54 heavy (non-hydrogen) atoms. The molecule has 0 amide bonds. The zero-order valence-corrected chi connectivity index (χ0v) is 34.6. The van der Waals surface area contributed by atoms with Crippen LogP contribution in [0, 0.1) is 19.8 Å². The molecule has 4 aromatic carbocycles. The summed E-state index contributed by atoms with van der Waals surface area (Å²) >= 11 is 0. The molecule has 0 spiro atoms. The van der Waals surface area contributed by atoms with Crippen LogP contribution in [-0.2, 0) is 21.4 Å². The minimum atomic E-state index is -0.928. The Kier molecular flexibility index (Phi) is 14.9. The summed E-state index contributed by atoms with van der Waals surface area (Å²) in [6.07, 6.45) is 4.96. The van der Waals surface area contributed by atoms with Crippen molar-refractivity contribution in [3.05, 3.63) is 94.3 Å². The molecule has 4 aromatic rings. The molecular formula is C45H58N2O7. The van der Waals surface area contributed by atoms with E-state index in [2.05, 4.69) is 38.4 Å².